The summed E-state index contributed by atoms with van der Waals surface area (Å²) in [7, 11) is 0. The van der Waals surface area contributed by atoms with Crippen LogP contribution in [0.25, 0.3) is 0 Å². The van der Waals surface area contributed by atoms with Crippen molar-refractivity contribution in [2.75, 3.05) is 13.2 Å². The molecule has 1 fully saturated rings. The molecule has 1 aromatic rings. The lowest BCUT2D eigenvalue weighted by atomic mass is 10.2. The predicted octanol–water partition coefficient (Wildman–Crippen LogP) is 0.975. The zero-order valence-corrected chi connectivity index (χ0v) is 9.80. The van der Waals surface area contributed by atoms with Crippen LogP contribution in [-0.4, -0.2) is 36.0 Å². The molecule has 1 saturated heterocycles. The Morgan fingerprint density at radius 2 is 1.78 bits per heavy atom. The molecule has 5 nitrogen and oxygen atoms in total. The van der Waals surface area contributed by atoms with E-state index >= 15 is 0 Å². The Bertz CT molecular complexity index is 484. The van der Waals surface area contributed by atoms with Crippen LogP contribution in [0.5, 0.6) is 11.5 Å². The van der Waals surface area contributed by atoms with Crippen molar-refractivity contribution in [2.24, 2.45) is 0 Å². The largest absolute Gasteiger partial charge is 0.486 e. The minimum atomic E-state index is -0.286. The van der Waals surface area contributed by atoms with Crippen LogP contribution in [0.1, 0.15) is 12.8 Å². The standard InChI is InChI=1S/C13H13NO4/c15-12-5-6-13(16)14(12)7-9-8-17-10-3-1-2-4-11(10)18-9/h1-4,9H,5-8H2/t9-/m1/s1. The molecule has 0 N–H and O–H groups in total. The summed E-state index contributed by atoms with van der Waals surface area (Å²) in [5.74, 6) is 1.12. The third kappa shape index (κ3) is 1.92. The zero-order valence-electron chi connectivity index (χ0n) is 9.80. The van der Waals surface area contributed by atoms with E-state index < -0.39 is 0 Å². The Morgan fingerprint density at radius 1 is 1.11 bits per heavy atom. The molecule has 2 aliphatic rings. The average molecular weight is 247 g/mol. The maximum atomic E-state index is 11.5. The number of carbonyl (C=O) groups is 2. The van der Waals surface area contributed by atoms with Gasteiger partial charge >= 0.3 is 0 Å². The van der Waals surface area contributed by atoms with Crippen LogP contribution in [0.15, 0.2) is 24.3 Å². The van der Waals surface area contributed by atoms with Crippen molar-refractivity contribution in [1.29, 1.82) is 0 Å². The molecule has 94 valence electrons. The second-order valence-electron chi connectivity index (χ2n) is 4.40. The number of nitrogens with zero attached hydrogens (tertiary/aromatic N) is 1. The molecule has 0 bridgehead atoms. The molecule has 0 aromatic heterocycles. The summed E-state index contributed by atoms with van der Waals surface area (Å²) >= 11 is 0. The third-order valence-electron chi connectivity index (χ3n) is 3.11. The number of carbonyl (C=O) groups excluding carboxylic acids is 2. The maximum Gasteiger partial charge on any atom is 0.229 e. The number of hydrogen-bond donors (Lipinski definition) is 0. The van der Waals surface area contributed by atoms with Gasteiger partial charge < -0.3 is 9.47 Å². The van der Waals surface area contributed by atoms with Gasteiger partial charge in [-0.1, -0.05) is 12.1 Å². The highest BCUT2D eigenvalue weighted by molar-refractivity contribution is 6.01. The van der Waals surface area contributed by atoms with Gasteiger partial charge in [-0.25, -0.2) is 0 Å². The predicted molar refractivity (Wildman–Crippen MR) is 62.3 cm³/mol. The normalized spacial score (nSPS) is 22.4. The Labute approximate surface area is 104 Å². The van der Waals surface area contributed by atoms with Crippen LogP contribution in [0, 0.1) is 0 Å². The van der Waals surface area contributed by atoms with E-state index in [2.05, 4.69) is 0 Å². The summed E-state index contributed by atoms with van der Waals surface area (Å²) in [6.45, 7) is 0.625. The van der Waals surface area contributed by atoms with Crippen LogP contribution in [0.4, 0.5) is 0 Å². The zero-order chi connectivity index (χ0) is 12.5. The van der Waals surface area contributed by atoms with Gasteiger partial charge in [0.1, 0.15) is 6.61 Å². The molecule has 3 rings (SSSR count). The fraction of sp³-hybridized carbons (Fsp3) is 0.385. The van der Waals surface area contributed by atoms with Crippen molar-refractivity contribution in [3.63, 3.8) is 0 Å². The summed E-state index contributed by atoms with van der Waals surface area (Å²) in [6.07, 6.45) is 0.331. The molecular formula is C13H13NO4. The Balaban J connectivity index is 1.69. The van der Waals surface area contributed by atoms with Crippen LogP contribution in [-0.2, 0) is 9.59 Å². The average Bonchev–Trinajstić information content (AvgIpc) is 2.70. The first-order valence-electron chi connectivity index (χ1n) is 5.96. The van der Waals surface area contributed by atoms with Crippen molar-refractivity contribution >= 4 is 11.8 Å². The second kappa shape index (κ2) is 4.33. The molecule has 2 aliphatic heterocycles. The quantitative estimate of drug-likeness (QED) is 0.731. The number of ether oxygens (including phenoxy) is 2. The lowest BCUT2D eigenvalue weighted by Crippen LogP contribution is -2.43. The van der Waals surface area contributed by atoms with E-state index in [0.29, 0.717) is 30.9 Å². The van der Waals surface area contributed by atoms with Crippen molar-refractivity contribution < 1.29 is 19.1 Å². The molecule has 1 atom stereocenters. The monoisotopic (exact) mass is 247 g/mol. The third-order valence-corrected chi connectivity index (χ3v) is 3.11. The molecule has 1 aromatic carbocycles. The van der Waals surface area contributed by atoms with Crippen LogP contribution >= 0.6 is 0 Å². The van der Waals surface area contributed by atoms with Crippen LogP contribution < -0.4 is 9.47 Å². The van der Waals surface area contributed by atoms with Gasteiger partial charge in [-0.15, -0.1) is 0 Å². The molecule has 0 aliphatic carbocycles. The highest BCUT2D eigenvalue weighted by Crippen LogP contribution is 2.31. The molecule has 0 spiro atoms. The first-order valence-corrected chi connectivity index (χ1v) is 5.96. The number of fused-ring (bicyclic) bond motifs is 1. The highest BCUT2D eigenvalue weighted by atomic mass is 16.6. The molecule has 0 unspecified atom stereocenters. The van der Waals surface area contributed by atoms with E-state index in [1.165, 1.54) is 4.90 Å². The van der Waals surface area contributed by atoms with Crippen LogP contribution in [0.3, 0.4) is 0 Å². The summed E-state index contributed by atoms with van der Waals surface area (Å²) in [6, 6.07) is 7.37. The van der Waals surface area contributed by atoms with E-state index in [1.807, 2.05) is 24.3 Å². The number of rotatable bonds is 2. The molecule has 0 radical (unpaired) electrons. The summed E-state index contributed by atoms with van der Waals surface area (Å²) in [5, 5.41) is 0. The fourth-order valence-corrected chi connectivity index (χ4v) is 2.18. The number of imide groups is 1. The summed E-state index contributed by atoms with van der Waals surface area (Å²) in [4.78, 5) is 24.3. The van der Waals surface area contributed by atoms with Gasteiger partial charge in [0.05, 0.1) is 6.54 Å². The second-order valence-corrected chi connectivity index (χ2v) is 4.40. The minimum absolute atomic E-state index is 0.123. The minimum Gasteiger partial charge on any atom is -0.486 e. The van der Waals surface area contributed by atoms with E-state index in [4.69, 9.17) is 9.47 Å². The van der Waals surface area contributed by atoms with E-state index in [1.54, 1.807) is 0 Å². The Morgan fingerprint density at radius 3 is 2.50 bits per heavy atom. The van der Waals surface area contributed by atoms with Gasteiger partial charge in [0.25, 0.3) is 0 Å². The molecule has 2 amide bonds. The molecule has 5 heteroatoms. The lowest BCUT2D eigenvalue weighted by Gasteiger charge is -2.28. The SMILES string of the molecule is O=C1CCC(=O)N1C[C@@H]1COc2ccccc2O1. The highest BCUT2D eigenvalue weighted by Gasteiger charge is 2.33. The van der Waals surface area contributed by atoms with Crippen molar-refractivity contribution in [3.8, 4) is 11.5 Å². The summed E-state index contributed by atoms with van der Waals surface area (Å²) in [5.41, 5.74) is 0. The Kier molecular flexibility index (Phi) is 2.66. The smallest absolute Gasteiger partial charge is 0.229 e. The van der Waals surface area contributed by atoms with E-state index in [-0.39, 0.29) is 24.5 Å². The summed E-state index contributed by atoms with van der Waals surface area (Å²) < 4.78 is 11.3. The van der Waals surface area contributed by atoms with Crippen molar-refractivity contribution in [3.05, 3.63) is 24.3 Å². The van der Waals surface area contributed by atoms with Crippen molar-refractivity contribution in [2.45, 2.75) is 18.9 Å². The number of para-hydroxylation sites is 2. The first-order chi connectivity index (χ1) is 8.74. The first kappa shape index (κ1) is 11.1. The number of likely N-dealkylation sites (tertiary alicyclic amines) is 1. The number of benzene rings is 1. The Hall–Kier alpha value is -2.04. The molecule has 18 heavy (non-hydrogen) atoms. The molecule has 0 saturated carbocycles. The van der Waals surface area contributed by atoms with Gasteiger partial charge in [0, 0.05) is 12.8 Å². The van der Waals surface area contributed by atoms with Crippen molar-refractivity contribution in [1.82, 2.24) is 4.90 Å². The fourth-order valence-electron chi connectivity index (χ4n) is 2.18. The van der Waals surface area contributed by atoms with Gasteiger partial charge in [0.2, 0.25) is 11.8 Å². The number of amides is 2. The van der Waals surface area contributed by atoms with E-state index in [0.717, 1.165) is 0 Å². The van der Waals surface area contributed by atoms with Gasteiger partial charge in [-0.3, -0.25) is 14.5 Å². The number of hydrogen-bond acceptors (Lipinski definition) is 4. The maximum absolute atomic E-state index is 11.5. The molecular weight excluding hydrogens is 234 g/mol. The van der Waals surface area contributed by atoms with Gasteiger partial charge in [-0.2, -0.15) is 0 Å². The van der Waals surface area contributed by atoms with E-state index in [9.17, 15) is 9.59 Å². The lowest BCUT2D eigenvalue weighted by molar-refractivity contribution is -0.140. The van der Waals surface area contributed by atoms with Gasteiger partial charge in [0.15, 0.2) is 17.6 Å². The molecule has 2 heterocycles. The van der Waals surface area contributed by atoms with Gasteiger partial charge in [-0.05, 0) is 12.1 Å². The topological polar surface area (TPSA) is 55.8 Å². The van der Waals surface area contributed by atoms with Crippen LogP contribution in [0.2, 0.25) is 0 Å².